The van der Waals surface area contributed by atoms with Crippen molar-refractivity contribution in [1.82, 2.24) is 10.3 Å². The van der Waals surface area contributed by atoms with Crippen molar-refractivity contribution in [3.8, 4) is 0 Å². The van der Waals surface area contributed by atoms with Crippen molar-refractivity contribution in [2.75, 3.05) is 13.1 Å². The standard InChI is InChI=1S/C14H26N4S/c1-4-5-6-7-9-16-14(15)17-10-8-13-11(2)18-12(3)19-13/h4-10H2,1-3H3,(H3,15,16,17). The molecule has 108 valence electrons. The van der Waals surface area contributed by atoms with E-state index in [9.17, 15) is 0 Å². The molecule has 0 aliphatic heterocycles. The number of guanidine groups is 1. The van der Waals surface area contributed by atoms with Crippen LogP contribution in [-0.2, 0) is 6.42 Å². The first kappa shape index (κ1) is 16.0. The van der Waals surface area contributed by atoms with Crippen molar-refractivity contribution in [3.63, 3.8) is 0 Å². The molecule has 5 heteroatoms. The number of aromatic nitrogens is 1. The Kier molecular flexibility index (Phi) is 7.48. The van der Waals surface area contributed by atoms with Crippen LogP contribution in [0.1, 0.15) is 48.2 Å². The monoisotopic (exact) mass is 282 g/mol. The van der Waals surface area contributed by atoms with Crippen LogP contribution in [0.4, 0.5) is 0 Å². The van der Waals surface area contributed by atoms with Crippen LogP contribution in [0.15, 0.2) is 4.99 Å². The van der Waals surface area contributed by atoms with Crippen LogP contribution in [0.25, 0.3) is 0 Å². The number of hydrogen-bond acceptors (Lipinski definition) is 3. The van der Waals surface area contributed by atoms with Crippen LogP contribution in [0.3, 0.4) is 0 Å². The van der Waals surface area contributed by atoms with E-state index < -0.39 is 0 Å². The Morgan fingerprint density at radius 3 is 2.74 bits per heavy atom. The van der Waals surface area contributed by atoms with E-state index in [0.717, 1.165) is 36.6 Å². The number of nitrogens with two attached hydrogens (primary N) is 1. The smallest absolute Gasteiger partial charge is 0.188 e. The van der Waals surface area contributed by atoms with Crippen LogP contribution < -0.4 is 11.1 Å². The van der Waals surface area contributed by atoms with Crippen LogP contribution >= 0.6 is 11.3 Å². The van der Waals surface area contributed by atoms with Gasteiger partial charge in [0.05, 0.1) is 10.7 Å². The maximum atomic E-state index is 5.82. The number of aliphatic imine (C=N–C) groups is 1. The highest BCUT2D eigenvalue weighted by Crippen LogP contribution is 2.16. The summed E-state index contributed by atoms with van der Waals surface area (Å²) in [4.78, 5) is 10.1. The van der Waals surface area contributed by atoms with Gasteiger partial charge in [-0.25, -0.2) is 4.98 Å². The first-order valence-electron chi connectivity index (χ1n) is 7.10. The van der Waals surface area contributed by atoms with Crippen molar-refractivity contribution in [2.24, 2.45) is 10.7 Å². The SMILES string of the molecule is CCCCCCN=C(N)NCCc1sc(C)nc1C. The highest BCUT2D eigenvalue weighted by molar-refractivity contribution is 7.11. The summed E-state index contributed by atoms with van der Waals surface area (Å²) in [6.45, 7) is 7.97. The van der Waals surface area contributed by atoms with E-state index in [-0.39, 0.29) is 0 Å². The van der Waals surface area contributed by atoms with Gasteiger partial charge in [0.2, 0.25) is 0 Å². The lowest BCUT2D eigenvalue weighted by molar-refractivity contribution is 0.673. The average Bonchev–Trinajstić information content (AvgIpc) is 2.68. The van der Waals surface area contributed by atoms with Gasteiger partial charge in [0.1, 0.15) is 0 Å². The molecule has 0 atom stereocenters. The highest BCUT2D eigenvalue weighted by Gasteiger charge is 2.04. The number of thiazole rings is 1. The van der Waals surface area contributed by atoms with Gasteiger partial charge in [-0.3, -0.25) is 4.99 Å². The van der Waals surface area contributed by atoms with Gasteiger partial charge in [0, 0.05) is 24.4 Å². The number of nitrogens with one attached hydrogen (secondary N) is 1. The van der Waals surface area contributed by atoms with Crippen molar-refractivity contribution in [2.45, 2.75) is 52.9 Å². The fourth-order valence-electron chi connectivity index (χ4n) is 1.90. The average molecular weight is 282 g/mol. The van der Waals surface area contributed by atoms with E-state index in [2.05, 4.69) is 29.1 Å². The Bertz CT molecular complexity index is 398. The van der Waals surface area contributed by atoms with Gasteiger partial charge in [0.25, 0.3) is 0 Å². The second-order valence-electron chi connectivity index (χ2n) is 4.75. The summed E-state index contributed by atoms with van der Waals surface area (Å²) in [7, 11) is 0. The van der Waals surface area contributed by atoms with Crippen molar-refractivity contribution in [3.05, 3.63) is 15.6 Å². The minimum absolute atomic E-state index is 0.565. The van der Waals surface area contributed by atoms with Crippen molar-refractivity contribution in [1.29, 1.82) is 0 Å². The fraction of sp³-hybridized carbons (Fsp3) is 0.714. The topological polar surface area (TPSA) is 63.3 Å². The Balaban J connectivity index is 2.17. The molecule has 0 fully saturated rings. The highest BCUT2D eigenvalue weighted by atomic mass is 32.1. The summed E-state index contributed by atoms with van der Waals surface area (Å²) in [5.74, 6) is 0.565. The van der Waals surface area contributed by atoms with E-state index in [4.69, 9.17) is 5.73 Å². The molecule has 0 saturated carbocycles. The van der Waals surface area contributed by atoms with E-state index in [1.54, 1.807) is 11.3 Å². The molecule has 0 aliphatic rings. The Hall–Kier alpha value is -1.10. The number of aryl methyl sites for hydroxylation is 2. The van der Waals surface area contributed by atoms with Gasteiger partial charge >= 0.3 is 0 Å². The second-order valence-corrected chi connectivity index (χ2v) is 6.03. The third-order valence-corrected chi connectivity index (χ3v) is 4.08. The van der Waals surface area contributed by atoms with Gasteiger partial charge in [-0.2, -0.15) is 0 Å². The molecule has 0 spiro atoms. The maximum Gasteiger partial charge on any atom is 0.188 e. The lowest BCUT2D eigenvalue weighted by atomic mass is 10.2. The van der Waals surface area contributed by atoms with Gasteiger partial charge < -0.3 is 11.1 Å². The van der Waals surface area contributed by atoms with Crippen molar-refractivity contribution >= 4 is 17.3 Å². The van der Waals surface area contributed by atoms with Gasteiger partial charge in [-0.15, -0.1) is 11.3 Å². The molecule has 0 aromatic carbocycles. The molecule has 0 saturated heterocycles. The summed E-state index contributed by atoms with van der Waals surface area (Å²) < 4.78 is 0. The largest absolute Gasteiger partial charge is 0.370 e. The first-order valence-corrected chi connectivity index (χ1v) is 7.91. The summed E-state index contributed by atoms with van der Waals surface area (Å²) in [6.07, 6.45) is 5.87. The molecule has 1 aromatic rings. The Labute approximate surface area is 120 Å². The number of unbranched alkanes of at least 4 members (excludes halogenated alkanes) is 3. The lowest BCUT2D eigenvalue weighted by Gasteiger charge is -2.05. The van der Waals surface area contributed by atoms with Gasteiger partial charge in [0.15, 0.2) is 5.96 Å². The number of rotatable bonds is 8. The summed E-state index contributed by atoms with van der Waals surface area (Å²) >= 11 is 1.76. The Morgan fingerprint density at radius 1 is 1.32 bits per heavy atom. The summed E-state index contributed by atoms with van der Waals surface area (Å²) in [5.41, 5.74) is 6.96. The molecule has 4 nitrogen and oxygen atoms in total. The molecule has 3 N–H and O–H groups in total. The molecule has 0 unspecified atom stereocenters. The Morgan fingerprint density at radius 2 is 2.11 bits per heavy atom. The third-order valence-electron chi connectivity index (χ3n) is 2.95. The maximum absolute atomic E-state index is 5.82. The molecule has 0 radical (unpaired) electrons. The van der Waals surface area contributed by atoms with Gasteiger partial charge in [-0.1, -0.05) is 26.2 Å². The zero-order valence-corrected chi connectivity index (χ0v) is 13.1. The van der Waals surface area contributed by atoms with Crippen LogP contribution in [0, 0.1) is 13.8 Å². The van der Waals surface area contributed by atoms with E-state index in [0.29, 0.717) is 5.96 Å². The quantitative estimate of drug-likeness (QED) is 0.438. The third kappa shape index (κ3) is 6.57. The zero-order chi connectivity index (χ0) is 14.1. The molecule has 19 heavy (non-hydrogen) atoms. The number of nitrogens with zero attached hydrogens (tertiary/aromatic N) is 2. The van der Waals surface area contributed by atoms with Crippen LogP contribution in [0.5, 0.6) is 0 Å². The second kappa shape index (κ2) is 8.91. The predicted octanol–water partition coefficient (Wildman–Crippen LogP) is 2.79. The molecular weight excluding hydrogens is 256 g/mol. The minimum Gasteiger partial charge on any atom is -0.370 e. The summed E-state index contributed by atoms with van der Waals surface area (Å²) in [5, 5.41) is 4.29. The normalized spacial score (nSPS) is 11.8. The fourth-order valence-corrected chi connectivity index (χ4v) is 2.84. The van der Waals surface area contributed by atoms with E-state index in [1.807, 2.05) is 6.92 Å². The molecule has 1 rings (SSSR count). The summed E-state index contributed by atoms with van der Waals surface area (Å²) in [6, 6.07) is 0. The van der Waals surface area contributed by atoms with Crippen molar-refractivity contribution < 1.29 is 0 Å². The number of hydrogen-bond donors (Lipinski definition) is 2. The van der Waals surface area contributed by atoms with Crippen LogP contribution in [0.2, 0.25) is 0 Å². The molecule has 0 aliphatic carbocycles. The molecule has 1 heterocycles. The molecular formula is C14H26N4S. The predicted molar refractivity (Wildman–Crippen MR) is 83.9 cm³/mol. The lowest BCUT2D eigenvalue weighted by Crippen LogP contribution is -2.33. The molecule has 0 bridgehead atoms. The minimum atomic E-state index is 0.565. The zero-order valence-electron chi connectivity index (χ0n) is 12.3. The van der Waals surface area contributed by atoms with Crippen LogP contribution in [-0.4, -0.2) is 24.0 Å². The molecule has 1 aromatic heterocycles. The van der Waals surface area contributed by atoms with Gasteiger partial charge in [-0.05, 0) is 20.3 Å². The molecule has 0 amide bonds. The van der Waals surface area contributed by atoms with E-state index in [1.165, 1.54) is 24.1 Å². The first-order chi connectivity index (χ1) is 9.13. The van der Waals surface area contributed by atoms with E-state index >= 15 is 0 Å².